The lowest BCUT2D eigenvalue weighted by Gasteiger charge is -2.33. The van der Waals surface area contributed by atoms with Crippen molar-refractivity contribution in [3.8, 4) is 0 Å². The van der Waals surface area contributed by atoms with Gasteiger partial charge in [0.15, 0.2) is 0 Å². The minimum Gasteiger partial charge on any atom is -0.375 e. The van der Waals surface area contributed by atoms with Gasteiger partial charge in [0, 0.05) is 33.1 Å². The molecule has 19 heavy (non-hydrogen) atoms. The second-order valence-electron chi connectivity index (χ2n) is 5.50. The fourth-order valence-corrected chi connectivity index (χ4v) is 2.41. The monoisotopic (exact) mass is 270 g/mol. The maximum atomic E-state index is 11.7. The van der Waals surface area contributed by atoms with Crippen LogP contribution in [-0.4, -0.2) is 61.6 Å². The molecule has 1 heterocycles. The van der Waals surface area contributed by atoms with Crippen LogP contribution in [0.4, 0.5) is 0 Å². The van der Waals surface area contributed by atoms with Crippen LogP contribution in [-0.2, 0) is 9.53 Å². The Morgan fingerprint density at radius 3 is 2.84 bits per heavy atom. The Kier molecular flexibility index (Phi) is 8.07. The molecule has 4 nitrogen and oxygen atoms in total. The first kappa shape index (κ1) is 16.4. The summed E-state index contributed by atoms with van der Waals surface area (Å²) in [5, 5.41) is 0. The van der Waals surface area contributed by atoms with Gasteiger partial charge in [0.25, 0.3) is 0 Å². The van der Waals surface area contributed by atoms with Gasteiger partial charge in [-0.15, -0.1) is 0 Å². The average molecular weight is 270 g/mol. The van der Waals surface area contributed by atoms with Crippen LogP contribution in [0, 0.1) is 0 Å². The van der Waals surface area contributed by atoms with Gasteiger partial charge in [0.2, 0.25) is 5.91 Å². The minimum absolute atomic E-state index is 0.251. The highest BCUT2D eigenvalue weighted by Gasteiger charge is 2.20. The predicted molar refractivity (Wildman–Crippen MR) is 78.3 cm³/mol. The Hall–Kier alpha value is -0.610. The van der Waals surface area contributed by atoms with E-state index in [0.29, 0.717) is 12.5 Å². The number of amides is 1. The molecule has 1 amide bonds. The van der Waals surface area contributed by atoms with E-state index < -0.39 is 0 Å². The third kappa shape index (κ3) is 6.39. The number of carbonyl (C=O) groups is 1. The van der Waals surface area contributed by atoms with E-state index in [1.54, 1.807) is 0 Å². The Bertz CT molecular complexity index is 259. The van der Waals surface area contributed by atoms with E-state index in [2.05, 4.69) is 11.8 Å². The molecular formula is C15H30N2O2. The van der Waals surface area contributed by atoms with Crippen LogP contribution in [0.25, 0.3) is 0 Å². The van der Waals surface area contributed by atoms with E-state index >= 15 is 0 Å². The van der Waals surface area contributed by atoms with Crippen LogP contribution in [0.1, 0.15) is 46.0 Å². The lowest BCUT2D eigenvalue weighted by molar-refractivity contribution is -0.130. The van der Waals surface area contributed by atoms with Crippen molar-refractivity contribution in [1.82, 2.24) is 9.80 Å². The van der Waals surface area contributed by atoms with Crippen molar-refractivity contribution in [3.63, 3.8) is 0 Å². The number of hydrogen-bond acceptors (Lipinski definition) is 3. The maximum absolute atomic E-state index is 11.7. The number of carbonyl (C=O) groups excluding carboxylic acids is 1. The summed E-state index contributed by atoms with van der Waals surface area (Å²) in [6.07, 6.45) is 5.34. The highest BCUT2D eigenvalue weighted by Crippen LogP contribution is 2.10. The van der Waals surface area contributed by atoms with Crippen molar-refractivity contribution < 1.29 is 9.53 Å². The number of hydrogen-bond donors (Lipinski definition) is 0. The summed E-state index contributed by atoms with van der Waals surface area (Å²) in [5.41, 5.74) is 0. The first-order valence-electron chi connectivity index (χ1n) is 7.75. The van der Waals surface area contributed by atoms with Gasteiger partial charge in [-0.05, 0) is 25.8 Å². The van der Waals surface area contributed by atoms with Crippen molar-refractivity contribution in [3.05, 3.63) is 0 Å². The Morgan fingerprint density at radius 2 is 2.16 bits per heavy atom. The topological polar surface area (TPSA) is 32.8 Å². The molecule has 0 saturated carbocycles. The highest BCUT2D eigenvalue weighted by molar-refractivity contribution is 5.75. The molecular weight excluding hydrogens is 240 g/mol. The smallest absolute Gasteiger partial charge is 0.222 e. The van der Waals surface area contributed by atoms with Gasteiger partial charge in [-0.2, -0.15) is 0 Å². The molecule has 0 unspecified atom stereocenters. The summed E-state index contributed by atoms with van der Waals surface area (Å²) in [7, 11) is 1.90. The van der Waals surface area contributed by atoms with E-state index in [4.69, 9.17) is 4.74 Å². The third-order valence-electron chi connectivity index (χ3n) is 3.73. The normalized spacial score (nSPS) is 20.5. The Labute approximate surface area is 118 Å². The molecule has 112 valence electrons. The molecule has 0 spiro atoms. The second kappa shape index (κ2) is 9.32. The Balaban J connectivity index is 2.22. The van der Waals surface area contributed by atoms with E-state index in [-0.39, 0.29) is 5.91 Å². The molecule has 0 aliphatic carbocycles. The molecule has 4 heteroatoms. The van der Waals surface area contributed by atoms with Crippen molar-refractivity contribution in [2.24, 2.45) is 0 Å². The van der Waals surface area contributed by atoms with Crippen LogP contribution in [0.15, 0.2) is 0 Å². The molecule has 0 radical (unpaired) electrons. The molecule has 1 fully saturated rings. The first-order valence-corrected chi connectivity index (χ1v) is 7.75. The number of ether oxygens (including phenoxy) is 1. The summed E-state index contributed by atoms with van der Waals surface area (Å²) in [4.78, 5) is 16.0. The Morgan fingerprint density at radius 1 is 1.37 bits per heavy atom. The number of rotatable bonds is 8. The third-order valence-corrected chi connectivity index (χ3v) is 3.73. The molecule has 0 aromatic carbocycles. The fraction of sp³-hybridized carbons (Fsp3) is 0.933. The maximum Gasteiger partial charge on any atom is 0.222 e. The zero-order chi connectivity index (χ0) is 14.1. The summed E-state index contributed by atoms with van der Waals surface area (Å²) < 4.78 is 5.80. The molecule has 1 atom stereocenters. The standard InChI is InChI=1S/C15H30N2O2/c1-4-6-9-17-11-12-19-14(13-17)8-10-16(3)15(18)7-5-2/h14H,4-13H2,1-3H3/t14-/m1/s1. The number of unbranched alkanes of at least 4 members (excludes halogenated alkanes) is 1. The average Bonchev–Trinajstić information content (AvgIpc) is 2.43. The summed E-state index contributed by atoms with van der Waals surface area (Å²) in [5.74, 6) is 0.251. The summed E-state index contributed by atoms with van der Waals surface area (Å²) in [6, 6.07) is 0. The van der Waals surface area contributed by atoms with Gasteiger partial charge in [-0.25, -0.2) is 0 Å². The predicted octanol–water partition coefficient (Wildman–Crippen LogP) is 2.14. The van der Waals surface area contributed by atoms with Crippen LogP contribution in [0.3, 0.4) is 0 Å². The molecule has 0 aromatic heterocycles. The van der Waals surface area contributed by atoms with E-state index in [1.807, 2.05) is 18.9 Å². The van der Waals surface area contributed by atoms with Crippen LogP contribution in [0.5, 0.6) is 0 Å². The van der Waals surface area contributed by atoms with E-state index in [9.17, 15) is 4.79 Å². The van der Waals surface area contributed by atoms with Gasteiger partial charge in [0.1, 0.15) is 0 Å². The molecule has 1 saturated heterocycles. The molecule has 1 aliphatic heterocycles. The van der Waals surface area contributed by atoms with Crippen LogP contribution in [0.2, 0.25) is 0 Å². The van der Waals surface area contributed by atoms with Crippen molar-refractivity contribution in [1.29, 1.82) is 0 Å². The van der Waals surface area contributed by atoms with Crippen LogP contribution >= 0.6 is 0 Å². The zero-order valence-corrected chi connectivity index (χ0v) is 12.9. The van der Waals surface area contributed by atoms with Crippen molar-refractivity contribution in [2.45, 2.75) is 52.1 Å². The quantitative estimate of drug-likeness (QED) is 0.677. The van der Waals surface area contributed by atoms with E-state index in [0.717, 1.165) is 39.1 Å². The molecule has 1 aliphatic rings. The number of morpholine rings is 1. The SMILES string of the molecule is CCCCN1CCO[C@H](CCN(C)C(=O)CCC)C1. The van der Waals surface area contributed by atoms with Crippen LogP contribution < -0.4 is 0 Å². The largest absolute Gasteiger partial charge is 0.375 e. The van der Waals surface area contributed by atoms with Gasteiger partial charge < -0.3 is 9.64 Å². The molecule has 0 N–H and O–H groups in total. The van der Waals surface area contributed by atoms with Gasteiger partial charge in [0.05, 0.1) is 12.7 Å². The van der Waals surface area contributed by atoms with Crippen molar-refractivity contribution >= 4 is 5.91 Å². The van der Waals surface area contributed by atoms with Crippen molar-refractivity contribution in [2.75, 3.05) is 39.8 Å². The van der Waals surface area contributed by atoms with Gasteiger partial charge >= 0.3 is 0 Å². The zero-order valence-electron chi connectivity index (χ0n) is 12.9. The molecule has 1 rings (SSSR count). The van der Waals surface area contributed by atoms with E-state index in [1.165, 1.54) is 19.4 Å². The van der Waals surface area contributed by atoms with Gasteiger partial charge in [-0.3, -0.25) is 9.69 Å². The number of nitrogens with zero attached hydrogens (tertiary/aromatic N) is 2. The lowest BCUT2D eigenvalue weighted by atomic mass is 10.2. The fourth-order valence-electron chi connectivity index (χ4n) is 2.41. The highest BCUT2D eigenvalue weighted by atomic mass is 16.5. The molecule has 0 aromatic rings. The van der Waals surface area contributed by atoms with Gasteiger partial charge in [-0.1, -0.05) is 20.3 Å². The molecule has 0 bridgehead atoms. The second-order valence-corrected chi connectivity index (χ2v) is 5.50. The first-order chi connectivity index (χ1) is 9.17. The summed E-state index contributed by atoms with van der Waals surface area (Å²) >= 11 is 0. The minimum atomic E-state index is 0.251. The lowest BCUT2D eigenvalue weighted by Crippen LogP contribution is -2.44. The summed E-state index contributed by atoms with van der Waals surface area (Å²) in [6.45, 7) is 9.18.